The van der Waals surface area contributed by atoms with Gasteiger partial charge in [-0.15, -0.1) is 24.0 Å². The highest BCUT2D eigenvalue weighted by Crippen LogP contribution is 2.29. The van der Waals surface area contributed by atoms with E-state index in [0.29, 0.717) is 24.1 Å². The molecule has 1 saturated carbocycles. The fourth-order valence-electron chi connectivity index (χ4n) is 3.45. The second kappa shape index (κ2) is 12.0. The summed E-state index contributed by atoms with van der Waals surface area (Å²) in [7, 11) is -0.870. The molecule has 0 radical (unpaired) electrons. The summed E-state index contributed by atoms with van der Waals surface area (Å²) in [5.41, 5.74) is 1.13. The first kappa shape index (κ1) is 22.6. The van der Waals surface area contributed by atoms with Gasteiger partial charge in [-0.3, -0.25) is 9.20 Å². The highest BCUT2D eigenvalue weighted by molar-refractivity contribution is 14.0. The van der Waals surface area contributed by atoms with E-state index in [1.165, 1.54) is 38.8 Å². The molecule has 2 fully saturated rings. The van der Waals surface area contributed by atoms with Crippen LogP contribution in [-0.2, 0) is 16.6 Å². The van der Waals surface area contributed by atoms with Crippen molar-refractivity contribution >= 4 is 40.7 Å². The molecule has 2 aliphatic rings. The molecule has 0 amide bonds. The second-order valence-electron chi connectivity index (χ2n) is 7.22. The number of piperidine rings is 1. The van der Waals surface area contributed by atoms with Crippen LogP contribution in [0, 0.1) is 0 Å². The van der Waals surface area contributed by atoms with Crippen LogP contribution < -0.4 is 10.6 Å². The smallest absolute Gasteiger partial charge is 0.191 e. The molecule has 0 aromatic heterocycles. The van der Waals surface area contributed by atoms with Crippen LogP contribution in [0.15, 0.2) is 35.3 Å². The molecule has 5 nitrogen and oxygen atoms in total. The summed E-state index contributed by atoms with van der Waals surface area (Å²) < 4.78 is 12.2. The number of likely N-dealkylation sites (tertiary alicyclic amines) is 1. The first-order valence-electron chi connectivity index (χ1n) is 9.92. The van der Waals surface area contributed by atoms with Gasteiger partial charge in [-0.2, -0.15) is 0 Å². The lowest BCUT2D eigenvalue weighted by Gasteiger charge is -2.33. The minimum Gasteiger partial charge on any atom is -0.357 e. The lowest BCUT2D eigenvalue weighted by molar-refractivity contribution is 0.197. The molecule has 1 aromatic rings. The lowest BCUT2D eigenvalue weighted by Crippen LogP contribution is -2.49. The minimum absolute atomic E-state index is 0. The third-order valence-electron chi connectivity index (χ3n) is 5.04. The van der Waals surface area contributed by atoms with Gasteiger partial charge < -0.3 is 15.5 Å². The van der Waals surface area contributed by atoms with E-state index in [-0.39, 0.29) is 24.0 Å². The van der Waals surface area contributed by atoms with Gasteiger partial charge in [-0.05, 0) is 38.2 Å². The largest absolute Gasteiger partial charge is 0.357 e. The predicted octanol–water partition coefficient (Wildman–Crippen LogP) is 2.74. The predicted molar refractivity (Wildman–Crippen MR) is 125 cm³/mol. The van der Waals surface area contributed by atoms with Crippen LogP contribution in [0.4, 0.5) is 0 Å². The van der Waals surface area contributed by atoms with Gasteiger partial charge in [0, 0.05) is 54.0 Å². The van der Waals surface area contributed by atoms with Gasteiger partial charge >= 0.3 is 0 Å². The molecule has 1 atom stereocenters. The van der Waals surface area contributed by atoms with Crippen LogP contribution in [0.5, 0.6) is 0 Å². The molecular weight excluding hydrogens is 471 g/mol. The van der Waals surface area contributed by atoms with Crippen LogP contribution in [0.3, 0.4) is 0 Å². The SMILES string of the molecule is CCNC(=NCCS(=O)Cc1ccccc1)NC1CCN(C2CC2)CC1.I. The normalized spacial score (nSPS) is 20.0. The number of nitrogens with zero attached hydrogens (tertiary/aromatic N) is 2. The van der Waals surface area contributed by atoms with Crippen LogP contribution in [0.2, 0.25) is 0 Å². The highest BCUT2D eigenvalue weighted by atomic mass is 127. The van der Waals surface area contributed by atoms with Crippen molar-refractivity contribution in [2.75, 3.05) is 31.9 Å². The average molecular weight is 504 g/mol. The molecule has 1 unspecified atom stereocenters. The van der Waals surface area contributed by atoms with E-state index in [0.717, 1.165) is 24.1 Å². The van der Waals surface area contributed by atoms with E-state index in [9.17, 15) is 4.21 Å². The maximum Gasteiger partial charge on any atom is 0.191 e. The van der Waals surface area contributed by atoms with E-state index in [2.05, 4.69) is 27.4 Å². The van der Waals surface area contributed by atoms with E-state index in [1.54, 1.807) is 0 Å². The Labute approximate surface area is 183 Å². The van der Waals surface area contributed by atoms with Crippen molar-refractivity contribution in [1.82, 2.24) is 15.5 Å². The lowest BCUT2D eigenvalue weighted by atomic mass is 10.1. The summed E-state index contributed by atoms with van der Waals surface area (Å²) in [5, 5.41) is 6.90. The first-order chi connectivity index (χ1) is 12.7. The summed E-state index contributed by atoms with van der Waals surface area (Å²) in [5.74, 6) is 2.08. The number of guanidine groups is 1. The molecule has 1 saturated heterocycles. The molecule has 3 rings (SSSR count). The van der Waals surface area contributed by atoms with E-state index in [1.807, 2.05) is 30.3 Å². The van der Waals surface area contributed by atoms with Crippen LogP contribution in [0.25, 0.3) is 0 Å². The molecule has 1 aliphatic carbocycles. The highest BCUT2D eigenvalue weighted by Gasteiger charge is 2.31. The van der Waals surface area contributed by atoms with Gasteiger partial charge in [0.05, 0.1) is 6.54 Å². The van der Waals surface area contributed by atoms with Crippen molar-refractivity contribution in [3.63, 3.8) is 0 Å². The summed E-state index contributed by atoms with van der Waals surface area (Å²) in [6.45, 7) is 5.92. The summed E-state index contributed by atoms with van der Waals surface area (Å²) in [6, 6.07) is 11.4. The van der Waals surface area contributed by atoms with Crippen molar-refractivity contribution in [1.29, 1.82) is 0 Å². The second-order valence-corrected chi connectivity index (χ2v) is 8.80. The minimum atomic E-state index is -0.870. The Morgan fingerprint density at radius 3 is 2.52 bits per heavy atom. The Bertz CT molecular complexity index is 601. The third kappa shape index (κ3) is 8.07. The molecule has 0 bridgehead atoms. The topological polar surface area (TPSA) is 56.7 Å². The molecular formula is C20H33IN4OS. The van der Waals surface area contributed by atoms with Gasteiger partial charge in [-0.25, -0.2) is 0 Å². The summed E-state index contributed by atoms with van der Waals surface area (Å²) >= 11 is 0. The number of nitrogens with one attached hydrogen (secondary N) is 2. The fourth-order valence-corrected chi connectivity index (χ4v) is 4.46. The molecule has 2 N–H and O–H groups in total. The zero-order valence-electron chi connectivity index (χ0n) is 16.2. The monoisotopic (exact) mass is 504 g/mol. The van der Waals surface area contributed by atoms with Crippen molar-refractivity contribution in [2.24, 2.45) is 4.99 Å². The fraction of sp³-hybridized carbons (Fsp3) is 0.650. The van der Waals surface area contributed by atoms with Crippen molar-refractivity contribution in [2.45, 2.75) is 50.4 Å². The van der Waals surface area contributed by atoms with Crippen molar-refractivity contribution in [3.8, 4) is 0 Å². The maximum atomic E-state index is 12.2. The Balaban J connectivity index is 0.00000261. The zero-order valence-corrected chi connectivity index (χ0v) is 19.4. The van der Waals surface area contributed by atoms with E-state index >= 15 is 0 Å². The van der Waals surface area contributed by atoms with Gasteiger partial charge in [0.2, 0.25) is 0 Å². The molecule has 1 heterocycles. The van der Waals surface area contributed by atoms with Crippen LogP contribution in [0.1, 0.15) is 38.2 Å². The molecule has 0 spiro atoms. The Morgan fingerprint density at radius 1 is 1.19 bits per heavy atom. The Morgan fingerprint density at radius 2 is 1.89 bits per heavy atom. The van der Waals surface area contributed by atoms with Crippen LogP contribution >= 0.6 is 24.0 Å². The summed E-state index contributed by atoms with van der Waals surface area (Å²) in [4.78, 5) is 7.28. The quantitative estimate of drug-likeness (QED) is 0.325. The molecule has 27 heavy (non-hydrogen) atoms. The van der Waals surface area contributed by atoms with Crippen LogP contribution in [-0.4, -0.2) is 59.1 Å². The Kier molecular flexibility index (Phi) is 10.1. The van der Waals surface area contributed by atoms with Gasteiger partial charge in [0.1, 0.15) is 0 Å². The van der Waals surface area contributed by atoms with Crippen molar-refractivity contribution in [3.05, 3.63) is 35.9 Å². The van der Waals surface area contributed by atoms with Gasteiger partial charge in [-0.1, -0.05) is 30.3 Å². The number of hydrogen-bond acceptors (Lipinski definition) is 3. The Hall–Kier alpha value is -0.670. The van der Waals surface area contributed by atoms with Gasteiger partial charge in [0.25, 0.3) is 0 Å². The van der Waals surface area contributed by atoms with Gasteiger partial charge in [0.15, 0.2) is 5.96 Å². The molecule has 1 aromatic carbocycles. The maximum absolute atomic E-state index is 12.2. The molecule has 7 heteroatoms. The average Bonchev–Trinajstić information content (AvgIpc) is 3.48. The zero-order chi connectivity index (χ0) is 18.2. The standard InChI is InChI=1S/C20H32N4OS.HI/c1-2-21-20(23-18-10-13-24(14-11-18)19-8-9-19)22-12-15-26(25)16-17-6-4-3-5-7-17;/h3-7,18-19H,2,8-16H2,1H3,(H2,21,22,23);1H. The molecule has 152 valence electrons. The number of rotatable bonds is 8. The number of benzene rings is 1. The number of aliphatic imine (C=N–C) groups is 1. The van der Waals surface area contributed by atoms with E-state index < -0.39 is 10.8 Å². The summed E-state index contributed by atoms with van der Waals surface area (Å²) in [6.07, 6.45) is 5.15. The number of hydrogen-bond donors (Lipinski definition) is 2. The molecule has 1 aliphatic heterocycles. The van der Waals surface area contributed by atoms with E-state index in [4.69, 9.17) is 0 Å². The third-order valence-corrected chi connectivity index (χ3v) is 6.33. The first-order valence-corrected chi connectivity index (χ1v) is 11.4. The van der Waals surface area contributed by atoms with Crippen molar-refractivity contribution < 1.29 is 4.21 Å². The number of halogens is 1.